The molecule has 2 unspecified atom stereocenters. The van der Waals surface area contributed by atoms with Gasteiger partial charge in [-0.05, 0) is 26.0 Å². The van der Waals surface area contributed by atoms with E-state index in [4.69, 9.17) is 5.73 Å². The molecule has 1 aromatic rings. The predicted molar refractivity (Wildman–Crippen MR) is 62.6 cm³/mol. The molecule has 0 aromatic heterocycles. The number of nitrogens with two attached hydrogens (primary N) is 1. The molecule has 0 aliphatic carbocycles. The molecule has 1 amide bonds. The van der Waals surface area contributed by atoms with Gasteiger partial charge in [0.2, 0.25) is 5.91 Å². The van der Waals surface area contributed by atoms with Gasteiger partial charge in [-0.3, -0.25) is 4.79 Å². The summed E-state index contributed by atoms with van der Waals surface area (Å²) in [6.07, 6.45) is 0. The fourth-order valence-corrected chi connectivity index (χ4v) is 1.23. The van der Waals surface area contributed by atoms with Crippen LogP contribution >= 0.6 is 0 Å². The van der Waals surface area contributed by atoms with Gasteiger partial charge >= 0.3 is 0 Å². The zero-order valence-corrected chi connectivity index (χ0v) is 9.75. The van der Waals surface area contributed by atoms with Crippen molar-refractivity contribution < 1.29 is 9.18 Å². The Balaban J connectivity index is 2.81. The van der Waals surface area contributed by atoms with Crippen LogP contribution in [0.5, 0.6) is 0 Å². The molecule has 88 valence electrons. The number of benzene rings is 1. The number of carbonyl (C=O) groups excluding carboxylic acids is 1. The average Bonchev–Trinajstić information content (AvgIpc) is 2.23. The monoisotopic (exact) mass is 224 g/mol. The lowest BCUT2D eigenvalue weighted by Crippen LogP contribution is -2.34. The van der Waals surface area contributed by atoms with Crippen molar-refractivity contribution in [2.24, 2.45) is 11.7 Å². The average molecular weight is 224 g/mol. The summed E-state index contributed by atoms with van der Waals surface area (Å²) in [4.78, 5) is 11.7. The molecule has 0 aliphatic rings. The highest BCUT2D eigenvalue weighted by molar-refractivity contribution is 5.93. The van der Waals surface area contributed by atoms with Crippen molar-refractivity contribution >= 4 is 11.6 Å². The van der Waals surface area contributed by atoms with Gasteiger partial charge in [0, 0.05) is 17.3 Å². The number of carbonyl (C=O) groups is 1. The van der Waals surface area contributed by atoms with E-state index in [2.05, 4.69) is 5.32 Å². The van der Waals surface area contributed by atoms with Crippen molar-refractivity contribution in [2.75, 3.05) is 5.32 Å². The molecule has 0 fully saturated rings. The van der Waals surface area contributed by atoms with Gasteiger partial charge in [0.15, 0.2) is 0 Å². The maximum Gasteiger partial charge on any atom is 0.228 e. The normalized spacial score (nSPS) is 14.3. The summed E-state index contributed by atoms with van der Waals surface area (Å²) >= 11 is 0. The maximum absolute atomic E-state index is 13.2. The molecule has 0 heterocycles. The molecular formula is C12H17FN2O. The smallest absolute Gasteiger partial charge is 0.228 e. The number of nitrogens with one attached hydrogen (secondary N) is 1. The Bertz CT molecular complexity index is 391. The molecule has 0 bridgehead atoms. The van der Waals surface area contributed by atoms with Gasteiger partial charge in [-0.15, -0.1) is 0 Å². The molecule has 0 saturated heterocycles. The van der Waals surface area contributed by atoms with Crippen LogP contribution in [0.15, 0.2) is 18.2 Å². The number of amides is 1. The third-order valence-electron chi connectivity index (χ3n) is 2.73. The van der Waals surface area contributed by atoms with Crippen LogP contribution < -0.4 is 11.1 Å². The summed E-state index contributed by atoms with van der Waals surface area (Å²) in [7, 11) is 0. The van der Waals surface area contributed by atoms with Crippen molar-refractivity contribution in [1.82, 2.24) is 0 Å². The topological polar surface area (TPSA) is 55.1 Å². The molecule has 3 N–H and O–H groups in total. The summed E-state index contributed by atoms with van der Waals surface area (Å²) in [6, 6.07) is 4.37. The first-order valence-electron chi connectivity index (χ1n) is 5.25. The van der Waals surface area contributed by atoms with Crippen molar-refractivity contribution in [3.63, 3.8) is 0 Å². The Morgan fingerprint density at radius 1 is 1.44 bits per heavy atom. The van der Waals surface area contributed by atoms with E-state index in [0.717, 1.165) is 0 Å². The van der Waals surface area contributed by atoms with Crippen LogP contribution in [-0.2, 0) is 4.79 Å². The molecular weight excluding hydrogens is 207 g/mol. The van der Waals surface area contributed by atoms with E-state index >= 15 is 0 Å². The second-order valence-electron chi connectivity index (χ2n) is 4.05. The second-order valence-corrected chi connectivity index (χ2v) is 4.05. The molecule has 0 aliphatic heterocycles. The lowest BCUT2D eigenvalue weighted by Gasteiger charge is -2.16. The quantitative estimate of drug-likeness (QED) is 0.825. The van der Waals surface area contributed by atoms with E-state index in [1.807, 2.05) is 0 Å². The standard InChI is InChI=1S/C12H17FN2O/c1-7(9(3)14)12(16)15-11-6-4-5-10(13)8(11)2/h4-7,9H,14H2,1-3H3,(H,15,16). The van der Waals surface area contributed by atoms with Crippen LogP contribution in [0.4, 0.5) is 10.1 Å². The Morgan fingerprint density at radius 3 is 2.62 bits per heavy atom. The van der Waals surface area contributed by atoms with E-state index < -0.39 is 0 Å². The van der Waals surface area contributed by atoms with Crippen LogP contribution in [0.3, 0.4) is 0 Å². The fourth-order valence-electron chi connectivity index (χ4n) is 1.23. The van der Waals surface area contributed by atoms with Crippen LogP contribution in [0.2, 0.25) is 0 Å². The number of anilines is 1. The highest BCUT2D eigenvalue weighted by Gasteiger charge is 2.17. The van der Waals surface area contributed by atoms with Crippen LogP contribution in [-0.4, -0.2) is 11.9 Å². The Morgan fingerprint density at radius 2 is 2.06 bits per heavy atom. The van der Waals surface area contributed by atoms with Crippen molar-refractivity contribution in [1.29, 1.82) is 0 Å². The summed E-state index contributed by atoms with van der Waals surface area (Å²) in [5, 5.41) is 2.67. The highest BCUT2D eigenvalue weighted by Crippen LogP contribution is 2.18. The van der Waals surface area contributed by atoms with Gasteiger partial charge in [0.1, 0.15) is 5.82 Å². The molecule has 4 heteroatoms. The van der Waals surface area contributed by atoms with Gasteiger partial charge in [-0.25, -0.2) is 4.39 Å². The lowest BCUT2D eigenvalue weighted by molar-refractivity contribution is -0.119. The number of hydrogen-bond donors (Lipinski definition) is 2. The molecule has 2 atom stereocenters. The predicted octanol–water partition coefficient (Wildman–Crippen LogP) is 2.06. The van der Waals surface area contributed by atoms with Crippen molar-refractivity contribution in [3.8, 4) is 0 Å². The minimum absolute atomic E-state index is 0.191. The van der Waals surface area contributed by atoms with Crippen molar-refractivity contribution in [3.05, 3.63) is 29.6 Å². The Kier molecular flexibility index (Phi) is 4.01. The summed E-state index contributed by atoms with van der Waals surface area (Å²) < 4.78 is 13.2. The lowest BCUT2D eigenvalue weighted by atomic mass is 10.0. The first kappa shape index (κ1) is 12.6. The molecule has 1 aromatic carbocycles. The van der Waals surface area contributed by atoms with E-state index in [1.54, 1.807) is 32.9 Å². The number of rotatable bonds is 3. The Hall–Kier alpha value is -1.42. The van der Waals surface area contributed by atoms with Gasteiger partial charge in [-0.1, -0.05) is 13.0 Å². The third kappa shape index (κ3) is 2.79. The van der Waals surface area contributed by atoms with Crippen LogP contribution in [0, 0.1) is 18.7 Å². The number of halogens is 1. The van der Waals surface area contributed by atoms with E-state index in [9.17, 15) is 9.18 Å². The Labute approximate surface area is 94.8 Å². The van der Waals surface area contributed by atoms with Gasteiger partial charge < -0.3 is 11.1 Å². The molecule has 0 radical (unpaired) electrons. The number of hydrogen-bond acceptors (Lipinski definition) is 2. The van der Waals surface area contributed by atoms with Gasteiger partial charge in [0.05, 0.1) is 5.92 Å². The SMILES string of the molecule is Cc1c(F)cccc1NC(=O)C(C)C(C)N. The maximum atomic E-state index is 13.2. The molecule has 1 rings (SSSR count). The first-order chi connectivity index (χ1) is 7.43. The van der Waals surface area contributed by atoms with Crippen LogP contribution in [0.25, 0.3) is 0 Å². The first-order valence-corrected chi connectivity index (χ1v) is 5.25. The molecule has 0 spiro atoms. The third-order valence-corrected chi connectivity index (χ3v) is 2.73. The fraction of sp³-hybridized carbons (Fsp3) is 0.417. The van der Waals surface area contributed by atoms with Gasteiger partial charge in [0.25, 0.3) is 0 Å². The summed E-state index contributed by atoms with van der Waals surface area (Å²) in [6.45, 7) is 5.14. The van der Waals surface area contributed by atoms with E-state index in [1.165, 1.54) is 6.07 Å². The zero-order valence-electron chi connectivity index (χ0n) is 9.75. The second kappa shape index (κ2) is 5.07. The van der Waals surface area contributed by atoms with Gasteiger partial charge in [-0.2, -0.15) is 0 Å². The van der Waals surface area contributed by atoms with Crippen molar-refractivity contribution in [2.45, 2.75) is 26.8 Å². The largest absolute Gasteiger partial charge is 0.327 e. The molecule has 16 heavy (non-hydrogen) atoms. The summed E-state index contributed by atoms with van der Waals surface area (Å²) in [5.74, 6) is -0.822. The minimum atomic E-state index is -0.328. The molecule has 3 nitrogen and oxygen atoms in total. The van der Waals surface area contributed by atoms with Crippen LogP contribution in [0.1, 0.15) is 19.4 Å². The minimum Gasteiger partial charge on any atom is -0.327 e. The highest BCUT2D eigenvalue weighted by atomic mass is 19.1. The van der Waals surface area contributed by atoms with E-state index in [-0.39, 0.29) is 23.7 Å². The summed E-state index contributed by atoms with van der Waals surface area (Å²) in [5.41, 5.74) is 6.56. The zero-order chi connectivity index (χ0) is 12.3. The molecule has 0 saturated carbocycles. The van der Waals surface area contributed by atoms with E-state index in [0.29, 0.717) is 11.3 Å².